The Morgan fingerprint density at radius 1 is 1.40 bits per heavy atom. The summed E-state index contributed by atoms with van der Waals surface area (Å²) in [6.45, 7) is 0. The van der Waals surface area contributed by atoms with Crippen molar-refractivity contribution in [2.75, 3.05) is 0 Å². The van der Waals surface area contributed by atoms with Crippen molar-refractivity contribution >= 4 is 15.9 Å². The summed E-state index contributed by atoms with van der Waals surface area (Å²) in [4.78, 5) is 0.447. The molecule has 0 aliphatic heterocycles. The number of halogens is 3. The van der Waals surface area contributed by atoms with Gasteiger partial charge in [0.25, 0.3) is 0 Å². The summed E-state index contributed by atoms with van der Waals surface area (Å²) in [6.07, 6.45) is 1.32. The molecule has 0 aliphatic rings. The van der Waals surface area contributed by atoms with Crippen LogP contribution in [0.2, 0.25) is 0 Å². The van der Waals surface area contributed by atoms with Gasteiger partial charge >= 0.3 is 4.83 Å². The average molecular weight is 208 g/mol. The number of nitrogens with zero attached hydrogens (tertiary/aromatic N) is 1. The fourth-order valence-electron chi connectivity index (χ4n) is 0.530. The van der Waals surface area contributed by atoms with E-state index in [4.69, 9.17) is 0 Å². The molecule has 1 nitrogen and oxygen atoms in total. The molecule has 0 aromatic carbocycles. The smallest absolute Gasteiger partial charge is 0.254 e. The Hall–Kier alpha value is -0.510. The predicted octanol–water partition coefficient (Wildman–Crippen LogP) is 2.53. The van der Waals surface area contributed by atoms with Gasteiger partial charge in [-0.3, -0.25) is 4.98 Å². The number of aromatic nitrogens is 1. The summed E-state index contributed by atoms with van der Waals surface area (Å²) >= 11 is 2.19. The van der Waals surface area contributed by atoms with Gasteiger partial charge in [0.2, 0.25) is 0 Å². The molecule has 1 aromatic heterocycles. The second-order valence-corrected chi connectivity index (χ2v) is 2.71. The highest BCUT2D eigenvalue weighted by Gasteiger charge is 2.27. The molecule has 0 radical (unpaired) electrons. The first-order valence-electron chi connectivity index (χ1n) is 2.59. The minimum atomic E-state index is -3.01. The first-order chi connectivity index (χ1) is 4.61. The third kappa shape index (κ3) is 1.73. The number of hydrogen-bond acceptors (Lipinski definition) is 1. The molecule has 0 aliphatic carbocycles. The summed E-state index contributed by atoms with van der Waals surface area (Å²) in [6, 6.07) is 4.36. The normalized spacial score (nSPS) is 11.5. The average Bonchev–Trinajstić information content (AvgIpc) is 1.88. The van der Waals surface area contributed by atoms with Gasteiger partial charge in [0, 0.05) is 6.20 Å². The number of pyridine rings is 1. The number of hydrogen-bond donors (Lipinski definition) is 0. The Morgan fingerprint density at radius 3 is 2.40 bits per heavy atom. The lowest BCUT2D eigenvalue weighted by Gasteiger charge is -2.04. The van der Waals surface area contributed by atoms with Crippen molar-refractivity contribution in [3.63, 3.8) is 0 Å². The zero-order valence-corrected chi connectivity index (χ0v) is 6.48. The number of alkyl halides is 3. The zero-order valence-electron chi connectivity index (χ0n) is 4.89. The number of rotatable bonds is 1. The lowest BCUT2D eigenvalue weighted by atomic mass is 10.4. The van der Waals surface area contributed by atoms with Crippen LogP contribution in [0.3, 0.4) is 0 Å². The lowest BCUT2D eigenvalue weighted by Crippen LogP contribution is -2.04. The Labute approximate surface area is 65.2 Å². The van der Waals surface area contributed by atoms with Crippen molar-refractivity contribution in [3.8, 4) is 0 Å². The molecule has 1 heterocycles. The van der Waals surface area contributed by atoms with Crippen molar-refractivity contribution in [2.45, 2.75) is 4.83 Å². The summed E-state index contributed by atoms with van der Waals surface area (Å²) in [7, 11) is 0. The molecule has 4 heteroatoms. The maximum Gasteiger partial charge on any atom is 0.343 e. The van der Waals surface area contributed by atoms with Crippen molar-refractivity contribution in [1.82, 2.24) is 4.98 Å². The van der Waals surface area contributed by atoms with E-state index in [0.29, 0.717) is 0 Å². The molecule has 10 heavy (non-hydrogen) atoms. The van der Waals surface area contributed by atoms with Gasteiger partial charge in [0.1, 0.15) is 5.69 Å². The Kier molecular flexibility index (Phi) is 1.99. The molecule has 0 saturated carbocycles. The third-order valence-corrected chi connectivity index (χ3v) is 1.36. The van der Waals surface area contributed by atoms with E-state index in [9.17, 15) is 8.78 Å². The molecule has 0 spiro atoms. The maximum absolute atomic E-state index is 12.3. The minimum Gasteiger partial charge on any atom is -0.254 e. The highest BCUT2D eigenvalue weighted by molar-refractivity contribution is 9.09. The van der Waals surface area contributed by atoms with Crippen LogP contribution >= 0.6 is 15.9 Å². The first-order valence-corrected chi connectivity index (χ1v) is 3.38. The van der Waals surface area contributed by atoms with Gasteiger partial charge in [-0.1, -0.05) is 6.07 Å². The maximum atomic E-state index is 12.3. The molecule has 0 saturated heterocycles. The topological polar surface area (TPSA) is 12.9 Å². The van der Waals surface area contributed by atoms with E-state index >= 15 is 0 Å². The van der Waals surface area contributed by atoms with Crippen molar-refractivity contribution in [3.05, 3.63) is 30.1 Å². The second kappa shape index (κ2) is 2.62. The van der Waals surface area contributed by atoms with E-state index in [1.807, 2.05) is 0 Å². The van der Waals surface area contributed by atoms with Crippen LogP contribution < -0.4 is 0 Å². The van der Waals surface area contributed by atoms with Crippen LogP contribution in [0.15, 0.2) is 24.4 Å². The Bertz CT molecular complexity index is 207. The van der Waals surface area contributed by atoms with Crippen LogP contribution in [-0.2, 0) is 4.83 Å². The van der Waals surface area contributed by atoms with Crippen LogP contribution in [0.1, 0.15) is 5.69 Å². The van der Waals surface area contributed by atoms with E-state index in [1.165, 1.54) is 18.3 Å². The van der Waals surface area contributed by atoms with Gasteiger partial charge in [-0.05, 0) is 28.1 Å². The van der Waals surface area contributed by atoms with Crippen LogP contribution in [-0.4, -0.2) is 4.98 Å². The lowest BCUT2D eigenvalue weighted by molar-refractivity contribution is 0.109. The second-order valence-electron chi connectivity index (χ2n) is 1.71. The summed E-state index contributed by atoms with van der Waals surface area (Å²) < 4.78 is 24.6. The molecule has 0 N–H and O–H groups in total. The summed E-state index contributed by atoms with van der Waals surface area (Å²) in [5.41, 5.74) is -0.269. The Balaban J connectivity index is 2.97. The monoisotopic (exact) mass is 207 g/mol. The standard InChI is InChI=1S/C6H4BrF2N/c7-6(8,9)5-3-1-2-4-10-5/h1-4H. The fourth-order valence-corrected chi connectivity index (χ4v) is 0.765. The van der Waals surface area contributed by atoms with Gasteiger partial charge in [0.15, 0.2) is 0 Å². The third-order valence-electron chi connectivity index (χ3n) is 0.955. The zero-order chi connectivity index (χ0) is 7.61. The fraction of sp³-hybridized carbons (Fsp3) is 0.167. The summed E-state index contributed by atoms with van der Waals surface area (Å²) in [5.74, 6) is 0. The van der Waals surface area contributed by atoms with Crippen LogP contribution in [0.25, 0.3) is 0 Å². The highest BCUT2D eigenvalue weighted by atomic mass is 79.9. The van der Waals surface area contributed by atoms with E-state index in [-0.39, 0.29) is 5.69 Å². The molecule has 1 rings (SSSR count). The molecule has 0 atom stereocenters. The predicted molar refractivity (Wildman–Crippen MR) is 37.1 cm³/mol. The molecule has 1 aromatic rings. The van der Waals surface area contributed by atoms with Crippen molar-refractivity contribution < 1.29 is 8.78 Å². The van der Waals surface area contributed by atoms with Crippen molar-refractivity contribution in [1.29, 1.82) is 0 Å². The highest BCUT2D eigenvalue weighted by Crippen LogP contribution is 2.32. The van der Waals surface area contributed by atoms with Gasteiger partial charge in [-0.15, -0.1) is 0 Å². The molecule has 0 unspecified atom stereocenters. The van der Waals surface area contributed by atoms with Gasteiger partial charge in [0.05, 0.1) is 0 Å². The summed E-state index contributed by atoms with van der Waals surface area (Å²) in [5, 5.41) is 0. The largest absolute Gasteiger partial charge is 0.343 e. The first kappa shape index (κ1) is 7.60. The van der Waals surface area contributed by atoms with Crippen LogP contribution in [0.4, 0.5) is 8.78 Å². The van der Waals surface area contributed by atoms with Crippen LogP contribution in [0, 0.1) is 0 Å². The SMILES string of the molecule is FC(F)(Br)c1ccccn1. The quantitative estimate of drug-likeness (QED) is 0.646. The molecule has 0 bridgehead atoms. The molecule has 54 valence electrons. The molecule has 0 fully saturated rings. The van der Waals surface area contributed by atoms with Crippen molar-refractivity contribution in [2.24, 2.45) is 0 Å². The Morgan fingerprint density at radius 2 is 2.10 bits per heavy atom. The van der Waals surface area contributed by atoms with Gasteiger partial charge in [-0.25, -0.2) is 0 Å². The molecular formula is C6H4BrF2N. The van der Waals surface area contributed by atoms with E-state index < -0.39 is 4.83 Å². The van der Waals surface area contributed by atoms with Gasteiger partial charge < -0.3 is 0 Å². The van der Waals surface area contributed by atoms with E-state index in [0.717, 1.165) is 0 Å². The minimum absolute atomic E-state index is 0.269. The molecular weight excluding hydrogens is 204 g/mol. The van der Waals surface area contributed by atoms with E-state index in [2.05, 4.69) is 20.9 Å². The van der Waals surface area contributed by atoms with Crippen LogP contribution in [0.5, 0.6) is 0 Å². The van der Waals surface area contributed by atoms with Gasteiger partial charge in [-0.2, -0.15) is 8.78 Å². The molecule has 0 amide bonds. The van der Waals surface area contributed by atoms with E-state index in [1.54, 1.807) is 6.07 Å².